The van der Waals surface area contributed by atoms with Gasteiger partial charge in [0.1, 0.15) is 5.75 Å². The number of nitrogens with two attached hydrogens (primary N) is 1. The van der Waals surface area contributed by atoms with Crippen LogP contribution in [0.4, 0.5) is 22.5 Å². The maximum atomic E-state index is 12.3. The highest BCUT2D eigenvalue weighted by Gasteiger charge is 2.24. The highest BCUT2D eigenvalue weighted by atomic mass is 32.3. The standard InChI is InChI=1S/C8H9BF4NO3S/c1-5-7(14)2-6(4-9(10,11)12)3-8(5)17-18(13,15)16/h2-3H,4,14H2,1H3/q-1. The van der Waals surface area contributed by atoms with E-state index in [1.807, 2.05) is 0 Å². The summed E-state index contributed by atoms with van der Waals surface area (Å²) in [5, 5.41) is 0. The Morgan fingerprint density at radius 2 is 1.89 bits per heavy atom. The summed E-state index contributed by atoms with van der Waals surface area (Å²) < 4.78 is 73.6. The summed E-state index contributed by atoms with van der Waals surface area (Å²) in [6.45, 7) is -3.81. The molecule has 0 aliphatic heterocycles. The molecule has 0 saturated heterocycles. The highest BCUT2D eigenvalue weighted by Crippen LogP contribution is 2.29. The summed E-state index contributed by atoms with van der Waals surface area (Å²) in [7, 11) is -5.31. The minimum atomic E-state index is -5.31. The van der Waals surface area contributed by atoms with Crippen LogP contribution >= 0.6 is 0 Å². The Hall–Kier alpha value is -1.45. The molecule has 0 amide bonds. The lowest BCUT2D eigenvalue weighted by Crippen LogP contribution is -2.19. The van der Waals surface area contributed by atoms with Crippen molar-refractivity contribution >= 4 is 23.2 Å². The van der Waals surface area contributed by atoms with Gasteiger partial charge in [-0.1, -0.05) is 15.8 Å². The minimum Gasteiger partial charge on any atom is -0.449 e. The van der Waals surface area contributed by atoms with Gasteiger partial charge in [0.25, 0.3) is 0 Å². The molecule has 0 spiro atoms. The van der Waals surface area contributed by atoms with Crippen molar-refractivity contribution in [2.24, 2.45) is 0 Å². The molecule has 1 rings (SSSR count). The van der Waals surface area contributed by atoms with Gasteiger partial charge in [-0.2, -0.15) is 8.42 Å². The van der Waals surface area contributed by atoms with E-state index in [1.165, 1.54) is 6.92 Å². The van der Waals surface area contributed by atoms with E-state index in [-0.39, 0.29) is 16.8 Å². The molecule has 0 heterocycles. The molecule has 0 fully saturated rings. The number of hydrogen-bond acceptors (Lipinski definition) is 4. The van der Waals surface area contributed by atoms with Gasteiger partial charge in [-0.25, -0.2) is 0 Å². The second-order valence-corrected chi connectivity index (χ2v) is 4.65. The summed E-state index contributed by atoms with van der Waals surface area (Å²) >= 11 is 0. The summed E-state index contributed by atoms with van der Waals surface area (Å²) in [6.07, 6.45) is -1.26. The van der Waals surface area contributed by atoms with Crippen molar-refractivity contribution in [3.8, 4) is 5.75 Å². The van der Waals surface area contributed by atoms with Crippen molar-refractivity contribution in [2.45, 2.75) is 13.2 Å². The lowest BCUT2D eigenvalue weighted by atomic mass is 9.81. The molecule has 0 aromatic heterocycles. The summed E-state index contributed by atoms with van der Waals surface area (Å²) in [6, 6.07) is 1.85. The van der Waals surface area contributed by atoms with Crippen molar-refractivity contribution < 1.29 is 29.4 Å². The first-order valence-corrected chi connectivity index (χ1v) is 6.03. The van der Waals surface area contributed by atoms with Crippen LogP contribution in [0.15, 0.2) is 12.1 Å². The molecule has 1 aromatic carbocycles. The third kappa shape index (κ3) is 4.44. The van der Waals surface area contributed by atoms with Crippen molar-refractivity contribution in [3.05, 3.63) is 23.3 Å². The van der Waals surface area contributed by atoms with Crippen molar-refractivity contribution in [1.29, 1.82) is 0 Å². The normalized spacial score (nSPS) is 12.5. The zero-order valence-corrected chi connectivity index (χ0v) is 9.98. The zero-order chi connectivity index (χ0) is 14.1. The first-order valence-electron chi connectivity index (χ1n) is 4.72. The second-order valence-electron chi connectivity index (χ2n) is 3.70. The molecule has 0 radical (unpaired) electrons. The van der Waals surface area contributed by atoms with Gasteiger partial charge in [0.2, 0.25) is 0 Å². The van der Waals surface area contributed by atoms with Crippen LogP contribution in [0.2, 0.25) is 0 Å². The van der Waals surface area contributed by atoms with E-state index in [2.05, 4.69) is 4.18 Å². The van der Waals surface area contributed by atoms with Crippen LogP contribution in [0.25, 0.3) is 0 Å². The Morgan fingerprint density at radius 3 is 2.33 bits per heavy atom. The van der Waals surface area contributed by atoms with Gasteiger partial charge in [-0.15, -0.1) is 0 Å². The van der Waals surface area contributed by atoms with Gasteiger partial charge in [0.15, 0.2) is 0 Å². The largest absolute Gasteiger partial charge is 0.488 e. The fourth-order valence-corrected chi connectivity index (χ4v) is 1.74. The molecule has 0 aliphatic rings. The van der Waals surface area contributed by atoms with E-state index < -0.39 is 29.6 Å². The van der Waals surface area contributed by atoms with Gasteiger partial charge in [0.05, 0.1) is 0 Å². The molecule has 0 bridgehead atoms. The smallest absolute Gasteiger partial charge is 0.449 e. The SMILES string of the molecule is Cc1c(N)cc(C[B-](F)(F)F)cc1OS(=O)(=O)F. The molecule has 2 N–H and O–H groups in total. The molecule has 1 aromatic rings. The van der Waals surface area contributed by atoms with Crippen LogP contribution in [0, 0.1) is 6.92 Å². The Bertz CT molecular complexity index is 558. The highest BCUT2D eigenvalue weighted by molar-refractivity contribution is 7.81. The molecule has 4 nitrogen and oxygen atoms in total. The number of benzene rings is 1. The number of rotatable bonds is 4. The Balaban J connectivity index is 3.19. The molecule has 0 saturated carbocycles. The van der Waals surface area contributed by atoms with E-state index in [0.717, 1.165) is 12.1 Å². The van der Waals surface area contributed by atoms with Crippen LogP contribution in [0.1, 0.15) is 11.1 Å². The van der Waals surface area contributed by atoms with E-state index in [0.29, 0.717) is 0 Å². The quantitative estimate of drug-likeness (QED) is 0.398. The maximum Gasteiger partial charge on any atom is 0.488 e. The van der Waals surface area contributed by atoms with Gasteiger partial charge < -0.3 is 22.9 Å². The average Bonchev–Trinajstić information content (AvgIpc) is 2.08. The fraction of sp³-hybridized carbons (Fsp3) is 0.250. The van der Waals surface area contributed by atoms with E-state index in [9.17, 15) is 25.3 Å². The fourth-order valence-electron chi connectivity index (χ4n) is 1.35. The lowest BCUT2D eigenvalue weighted by Gasteiger charge is -2.16. The van der Waals surface area contributed by atoms with Crippen LogP contribution in [0.5, 0.6) is 5.75 Å². The van der Waals surface area contributed by atoms with E-state index >= 15 is 0 Å². The number of nitrogen functional groups attached to an aromatic ring is 1. The Kier molecular flexibility index (Phi) is 3.79. The number of halogens is 4. The van der Waals surface area contributed by atoms with Crippen molar-refractivity contribution in [2.75, 3.05) is 5.73 Å². The van der Waals surface area contributed by atoms with E-state index in [4.69, 9.17) is 5.73 Å². The maximum absolute atomic E-state index is 12.3. The van der Waals surface area contributed by atoms with Crippen LogP contribution in [-0.2, 0) is 16.8 Å². The van der Waals surface area contributed by atoms with Crippen molar-refractivity contribution in [1.82, 2.24) is 0 Å². The lowest BCUT2D eigenvalue weighted by molar-refractivity contribution is 0.438. The van der Waals surface area contributed by atoms with Crippen LogP contribution in [0.3, 0.4) is 0 Å². The molecular weight excluding hydrogens is 277 g/mol. The molecule has 102 valence electrons. The number of anilines is 1. The van der Waals surface area contributed by atoms with E-state index in [1.54, 1.807) is 0 Å². The van der Waals surface area contributed by atoms with Gasteiger partial charge in [-0.3, -0.25) is 0 Å². The predicted molar refractivity (Wildman–Crippen MR) is 59.0 cm³/mol. The molecule has 0 aliphatic carbocycles. The average molecular weight is 286 g/mol. The predicted octanol–water partition coefficient (Wildman–Crippen LogP) is 2.10. The Morgan fingerprint density at radius 1 is 1.33 bits per heavy atom. The third-order valence-corrected chi connectivity index (χ3v) is 2.50. The van der Waals surface area contributed by atoms with Crippen LogP contribution in [-0.4, -0.2) is 15.4 Å². The second kappa shape index (κ2) is 4.67. The summed E-state index contributed by atoms with van der Waals surface area (Å²) in [4.78, 5) is 0. The summed E-state index contributed by atoms with van der Waals surface area (Å²) in [5.41, 5.74) is 5.06. The molecule has 0 atom stereocenters. The molecular formula is C8H9BF4NO3S-. The molecule has 18 heavy (non-hydrogen) atoms. The van der Waals surface area contributed by atoms with Crippen molar-refractivity contribution in [3.63, 3.8) is 0 Å². The summed E-state index contributed by atoms with van der Waals surface area (Å²) in [5.74, 6) is -0.549. The van der Waals surface area contributed by atoms with Crippen LogP contribution < -0.4 is 9.92 Å². The third-order valence-electron chi connectivity index (χ3n) is 2.12. The van der Waals surface area contributed by atoms with Gasteiger partial charge >= 0.3 is 17.5 Å². The molecule has 0 unspecified atom stereocenters. The zero-order valence-electron chi connectivity index (χ0n) is 9.16. The van der Waals surface area contributed by atoms with Gasteiger partial charge in [-0.05, 0) is 19.1 Å². The first-order chi connectivity index (χ1) is 7.98. The first kappa shape index (κ1) is 14.6. The Labute approximate surface area is 101 Å². The van der Waals surface area contributed by atoms with Gasteiger partial charge in [0, 0.05) is 11.3 Å². The number of hydrogen-bond donors (Lipinski definition) is 1. The minimum absolute atomic E-state index is 0.0506. The monoisotopic (exact) mass is 286 g/mol. The topological polar surface area (TPSA) is 69.4 Å². The molecule has 10 heteroatoms.